The lowest BCUT2D eigenvalue weighted by atomic mass is 10.2. The van der Waals surface area contributed by atoms with Crippen LogP contribution < -0.4 is 5.32 Å². The smallest absolute Gasteiger partial charge is 0.247 e. The van der Waals surface area contributed by atoms with Crippen molar-refractivity contribution in [1.29, 1.82) is 0 Å². The molecule has 4 nitrogen and oxygen atoms in total. The molecule has 1 amide bonds. The van der Waals surface area contributed by atoms with E-state index in [1.54, 1.807) is 6.21 Å². The standard InChI is InChI=1S/C15H25N3O/c1-3-9-14(17-15(19)4-2)12-16-13-18-10-7-5-6-8-11-18/h4,9,12H,2-3,5-8,10-11,13H2,1H3,(H,17,19)/b14-9+,16-12?. The molecular weight excluding hydrogens is 238 g/mol. The van der Waals surface area contributed by atoms with Crippen LogP contribution in [0.2, 0.25) is 0 Å². The molecule has 1 aliphatic heterocycles. The lowest BCUT2D eigenvalue weighted by Crippen LogP contribution is -2.25. The molecule has 0 atom stereocenters. The second-order valence-corrected chi connectivity index (χ2v) is 4.75. The summed E-state index contributed by atoms with van der Waals surface area (Å²) in [6.45, 7) is 8.45. The first-order valence-electron chi connectivity index (χ1n) is 7.12. The summed E-state index contributed by atoms with van der Waals surface area (Å²) >= 11 is 0. The van der Waals surface area contributed by atoms with Gasteiger partial charge in [0.15, 0.2) is 0 Å². The zero-order chi connectivity index (χ0) is 13.9. The van der Waals surface area contributed by atoms with Gasteiger partial charge in [-0.05, 0) is 38.4 Å². The van der Waals surface area contributed by atoms with Gasteiger partial charge < -0.3 is 5.32 Å². The summed E-state index contributed by atoms with van der Waals surface area (Å²) < 4.78 is 0. The van der Waals surface area contributed by atoms with Gasteiger partial charge in [0.2, 0.25) is 5.91 Å². The van der Waals surface area contributed by atoms with Crippen molar-refractivity contribution < 1.29 is 4.79 Å². The molecule has 0 radical (unpaired) electrons. The number of likely N-dealkylation sites (tertiary alicyclic amines) is 1. The zero-order valence-corrected chi connectivity index (χ0v) is 11.9. The van der Waals surface area contributed by atoms with Crippen LogP contribution in [0.1, 0.15) is 39.0 Å². The molecule has 1 aliphatic rings. The predicted molar refractivity (Wildman–Crippen MR) is 80.1 cm³/mol. The number of rotatable bonds is 6. The van der Waals surface area contributed by atoms with Gasteiger partial charge in [0.25, 0.3) is 0 Å². The Morgan fingerprint density at radius 1 is 1.32 bits per heavy atom. The molecule has 0 spiro atoms. The van der Waals surface area contributed by atoms with Crippen LogP contribution in [0.3, 0.4) is 0 Å². The summed E-state index contributed by atoms with van der Waals surface area (Å²) in [6.07, 6.45) is 11.0. The first kappa shape index (κ1) is 15.6. The van der Waals surface area contributed by atoms with E-state index in [4.69, 9.17) is 0 Å². The molecule has 0 aromatic carbocycles. The maximum atomic E-state index is 11.3. The molecule has 0 aromatic rings. The van der Waals surface area contributed by atoms with Gasteiger partial charge in [-0.15, -0.1) is 0 Å². The average molecular weight is 263 g/mol. The van der Waals surface area contributed by atoms with E-state index in [0.29, 0.717) is 6.67 Å². The SMILES string of the molecule is C=CC(=O)N/C(C=NCN1CCCCCC1)=C/CC. The highest BCUT2D eigenvalue weighted by atomic mass is 16.1. The van der Waals surface area contributed by atoms with Gasteiger partial charge in [0.1, 0.15) is 0 Å². The molecular formula is C15H25N3O. The third kappa shape index (κ3) is 6.91. The summed E-state index contributed by atoms with van der Waals surface area (Å²) in [5, 5.41) is 2.75. The second kappa shape index (κ2) is 9.50. The van der Waals surface area contributed by atoms with Crippen molar-refractivity contribution in [3.8, 4) is 0 Å². The number of allylic oxidation sites excluding steroid dienone is 2. The number of hydrogen-bond acceptors (Lipinski definition) is 3. The fraction of sp³-hybridized carbons (Fsp3) is 0.600. The minimum absolute atomic E-state index is 0.194. The number of nitrogens with one attached hydrogen (secondary N) is 1. The first-order valence-corrected chi connectivity index (χ1v) is 7.12. The minimum atomic E-state index is -0.194. The maximum absolute atomic E-state index is 11.3. The Kier molecular flexibility index (Phi) is 7.82. The molecule has 19 heavy (non-hydrogen) atoms. The van der Waals surface area contributed by atoms with Crippen molar-refractivity contribution >= 4 is 12.1 Å². The van der Waals surface area contributed by atoms with Gasteiger partial charge in [-0.2, -0.15) is 0 Å². The molecule has 0 bridgehead atoms. The largest absolute Gasteiger partial charge is 0.321 e. The van der Waals surface area contributed by atoms with Crippen LogP contribution in [0, 0.1) is 0 Å². The second-order valence-electron chi connectivity index (χ2n) is 4.75. The Labute approximate surface area is 116 Å². The minimum Gasteiger partial charge on any atom is -0.321 e. The van der Waals surface area contributed by atoms with Gasteiger partial charge in [-0.25, -0.2) is 0 Å². The van der Waals surface area contributed by atoms with Crippen LogP contribution in [-0.4, -0.2) is 36.8 Å². The third-order valence-electron chi connectivity index (χ3n) is 3.09. The summed E-state index contributed by atoms with van der Waals surface area (Å²) in [7, 11) is 0. The summed E-state index contributed by atoms with van der Waals surface area (Å²) in [5.74, 6) is -0.194. The van der Waals surface area contributed by atoms with Crippen LogP contribution in [0.4, 0.5) is 0 Å². The molecule has 1 saturated heterocycles. The lowest BCUT2D eigenvalue weighted by Gasteiger charge is -2.16. The normalized spacial score (nSPS) is 18.3. The van der Waals surface area contributed by atoms with Crippen LogP contribution in [-0.2, 0) is 4.79 Å². The van der Waals surface area contributed by atoms with Crippen molar-refractivity contribution in [3.05, 3.63) is 24.4 Å². The molecule has 1 N–H and O–H groups in total. The highest BCUT2D eigenvalue weighted by Gasteiger charge is 2.07. The van der Waals surface area contributed by atoms with E-state index in [9.17, 15) is 4.79 Å². The number of amides is 1. The molecule has 1 heterocycles. The fourth-order valence-electron chi connectivity index (χ4n) is 2.08. The van der Waals surface area contributed by atoms with Crippen molar-refractivity contribution in [1.82, 2.24) is 10.2 Å². The van der Waals surface area contributed by atoms with Gasteiger partial charge in [0, 0.05) is 6.21 Å². The quantitative estimate of drug-likeness (QED) is 0.591. The summed E-state index contributed by atoms with van der Waals surface area (Å²) in [6, 6.07) is 0. The Balaban J connectivity index is 2.44. The molecule has 0 unspecified atom stereocenters. The summed E-state index contributed by atoms with van der Waals surface area (Å²) in [5.41, 5.74) is 0.752. The van der Waals surface area contributed by atoms with E-state index < -0.39 is 0 Å². The zero-order valence-electron chi connectivity index (χ0n) is 11.9. The Bertz CT molecular complexity index is 339. The van der Waals surface area contributed by atoms with E-state index in [1.807, 2.05) is 13.0 Å². The first-order chi connectivity index (χ1) is 9.26. The monoisotopic (exact) mass is 263 g/mol. The van der Waals surface area contributed by atoms with E-state index in [1.165, 1.54) is 31.8 Å². The molecule has 1 fully saturated rings. The van der Waals surface area contributed by atoms with Crippen molar-refractivity contribution in [2.75, 3.05) is 19.8 Å². The predicted octanol–water partition coefficient (Wildman–Crippen LogP) is 2.49. The number of aliphatic imine (C=N–C) groups is 1. The van der Waals surface area contributed by atoms with Crippen LogP contribution in [0.25, 0.3) is 0 Å². The molecule has 4 heteroatoms. The van der Waals surface area contributed by atoms with E-state index >= 15 is 0 Å². The topological polar surface area (TPSA) is 44.7 Å². The van der Waals surface area contributed by atoms with Crippen LogP contribution in [0.5, 0.6) is 0 Å². The Morgan fingerprint density at radius 3 is 2.58 bits per heavy atom. The number of carbonyl (C=O) groups is 1. The fourth-order valence-corrected chi connectivity index (χ4v) is 2.08. The number of hydrogen-bond donors (Lipinski definition) is 1. The lowest BCUT2D eigenvalue weighted by molar-refractivity contribution is -0.115. The van der Waals surface area contributed by atoms with Gasteiger partial charge in [-0.3, -0.25) is 14.7 Å². The molecule has 0 saturated carbocycles. The van der Waals surface area contributed by atoms with Crippen LogP contribution in [0.15, 0.2) is 29.4 Å². The van der Waals surface area contributed by atoms with E-state index in [-0.39, 0.29) is 5.91 Å². The van der Waals surface area contributed by atoms with E-state index in [2.05, 4.69) is 21.8 Å². The maximum Gasteiger partial charge on any atom is 0.247 e. The molecule has 106 valence electrons. The van der Waals surface area contributed by atoms with Crippen molar-refractivity contribution in [2.24, 2.45) is 4.99 Å². The van der Waals surface area contributed by atoms with Gasteiger partial charge in [0.05, 0.1) is 12.4 Å². The van der Waals surface area contributed by atoms with E-state index in [0.717, 1.165) is 25.2 Å². The van der Waals surface area contributed by atoms with Gasteiger partial charge >= 0.3 is 0 Å². The van der Waals surface area contributed by atoms with Crippen molar-refractivity contribution in [3.63, 3.8) is 0 Å². The number of carbonyl (C=O) groups excluding carboxylic acids is 1. The van der Waals surface area contributed by atoms with Gasteiger partial charge in [-0.1, -0.05) is 32.4 Å². The summed E-state index contributed by atoms with van der Waals surface area (Å²) in [4.78, 5) is 18.1. The highest BCUT2D eigenvalue weighted by molar-refractivity contribution is 5.93. The average Bonchev–Trinajstić information content (AvgIpc) is 2.67. The Morgan fingerprint density at radius 2 is 2.00 bits per heavy atom. The molecule has 1 rings (SSSR count). The molecule has 0 aliphatic carbocycles. The van der Waals surface area contributed by atoms with Crippen LogP contribution >= 0.6 is 0 Å². The number of nitrogens with zero attached hydrogens (tertiary/aromatic N) is 2. The third-order valence-corrected chi connectivity index (χ3v) is 3.09. The highest BCUT2D eigenvalue weighted by Crippen LogP contribution is 2.09. The Hall–Kier alpha value is -1.42. The van der Waals surface area contributed by atoms with Crippen molar-refractivity contribution in [2.45, 2.75) is 39.0 Å². The molecule has 0 aromatic heterocycles.